The van der Waals surface area contributed by atoms with Crippen molar-refractivity contribution in [2.45, 2.75) is 36.2 Å². The first kappa shape index (κ1) is 26.8. The third-order valence-corrected chi connectivity index (χ3v) is 6.32. The van der Waals surface area contributed by atoms with Crippen LogP contribution in [0.2, 0.25) is 0 Å². The lowest BCUT2D eigenvalue weighted by molar-refractivity contribution is -0.138. The number of sulfone groups is 1. The lowest BCUT2D eigenvalue weighted by Gasteiger charge is -2.31. The van der Waals surface area contributed by atoms with Crippen molar-refractivity contribution in [2.24, 2.45) is 0 Å². The van der Waals surface area contributed by atoms with E-state index in [1.807, 2.05) is 6.92 Å². The van der Waals surface area contributed by atoms with Crippen molar-refractivity contribution in [2.75, 3.05) is 13.1 Å². The molecule has 0 aliphatic heterocycles. The Bertz CT molecular complexity index is 1120. The molecule has 0 spiro atoms. The molecule has 0 fully saturated rings. The van der Waals surface area contributed by atoms with Crippen LogP contribution in [0.3, 0.4) is 0 Å². The van der Waals surface area contributed by atoms with Crippen LogP contribution in [0.5, 0.6) is 0 Å². The zero-order chi connectivity index (χ0) is 25.5. The maximum atomic E-state index is 13.3. The Morgan fingerprint density at radius 1 is 1.03 bits per heavy atom. The van der Waals surface area contributed by atoms with Crippen LogP contribution in [-0.2, 0) is 19.4 Å². The molecule has 34 heavy (non-hydrogen) atoms. The lowest BCUT2D eigenvalue weighted by Crippen LogP contribution is -2.45. The quantitative estimate of drug-likeness (QED) is 0.517. The summed E-state index contributed by atoms with van der Waals surface area (Å²) < 4.78 is 62.0. The molecule has 0 saturated carbocycles. The predicted octanol–water partition coefficient (Wildman–Crippen LogP) is 3.16. The van der Waals surface area contributed by atoms with E-state index in [-0.39, 0.29) is 17.7 Å². The fourth-order valence-electron chi connectivity index (χ4n) is 3.12. The molecule has 0 radical (unpaired) electrons. The topological polar surface area (TPSA) is 121 Å². The van der Waals surface area contributed by atoms with Gasteiger partial charge in [-0.05, 0) is 36.2 Å². The number of hydrogen-bond acceptors (Lipinski definition) is 5. The van der Waals surface area contributed by atoms with Gasteiger partial charge in [0.2, 0.25) is 5.91 Å². The summed E-state index contributed by atoms with van der Waals surface area (Å²) in [4.78, 5) is 37.3. The largest absolute Gasteiger partial charge is 0.501 e. The first-order chi connectivity index (χ1) is 15.9. The molecule has 12 heteroatoms. The van der Waals surface area contributed by atoms with Gasteiger partial charge in [0.1, 0.15) is 12.6 Å². The maximum absolute atomic E-state index is 13.3. The van der Waals surface area contributed by atoms with Crippen LogP contribution in [0.25, 0.3) is 0 Å². The molecule has 184 valence electrons. The summed E-state index contributed by atoms with van der Waals surface area (Å²) in [7, 11) is -5.61. The minimum Gasteiger partial charge on any atom is -0.480 e. The van der Waals surface area contributed by atoms with E-state index in [0.717, 1.165) is 12.1 Å². The van der Waals surface area contributed by atoms with E-state index in [4.69, 9.17) is 5.11 Å². The van der Waals surface area contributed by atoms with Gasteiger partial charge in [-0.3, -0.25) is 14.4 Å². The zero-order valence-corrected chi connectivity index (χ0v) is 18.9. The Hall–Kier alpha value is -3.41. The van der Waals surface area contributed by atoms with Crippen molar-refractivity contribution in [3.63, 3.8) is 0 Å². The molecule has 0 aliphatic carbocycles. The van der Waals surface area contributed by atoms with Gasteiger partial charge in [-0.15, -0.1) is 0 Å². The van der Waals surface area contributed by atoms with Crippen LogP contribution >= 0.6 is 0 Å². The highest BCUT2D eigenvalue weighted by molar-refractivity contribution is 7.92. The Balaban J connectivity index is 2.55. The predicted molar refractivity (Wildman–Crippen MR) is 115 cm³/mol. The van der Waals surface area contributed by atoms with Crippen LogP contribution in [0.15, 0.2) is 59.5 Å². The number of nitrogens with one attached hydrogen (secondary N) is 1. The average Bonchev–Trinajstić information content (AvgIpc) is 2.79. The molecule has 2 rings (SSSR count). The summed E-state index contributed by atoms with van der Waals surface area (Å²) in [5, 5.41) is 11.1. The van der Waals surface area contributed by atoms with Crippen molar-refractivity contribution in [3.05, 3.63) is 65.7 Å². The zero-order valence-electron chi connectivity index (χ0n) is 18.1. The molecule has 2 aromatic rings. The fourth-order valence-corrected chi connectivity index (χ4v) is 3.88. The average molecular weight is 500 g/mol. The number of hydrogen-bond donors (Lipinski definition) is 2. The van der Waals surface area contributed by atoms with Gasteiger partial charge in [0, 0.05) is 12.1 Å². The SMILES string of the molecule is CCCCN(C(=O)c1ccccc1)C(C(=O)NCC(=O)O)c1ccc(S(=O)(=O)C(F)(F)F)cc1. The Morgan fingerprint density at radius 3 is 2.12 bits per heavy atom. The van der Waals surface area contributed by atoms with Crippen LogP contribution in [0.1, 0.15) is 41.7 Å². The molecule has 0 saturated heterocycles. The van der Waals surface area contributed by atoms with Crippen molar-refractivity contribution in [1.29, 1.82) is 0 Å². The lowest BCUT2D eigenvalue weighted by atomic mass is 10.0. The summed E-state index contributed by atoms with van der Waals surface area (Å²) >= 11 is 0. The van der Waals surface area contributed by atoms with Gasteiger partial charge in [0.05, 0.1) is 4.90 Å². The highest BCUT2D eigenvalue weighted by atomic mass is 32.2. The Kier molecular flexibility index (Phi) is 8.80. The summed E-state index contributed by atoms with van der Waals surface area (Å²) in [5.41, 5.74) is -5.25. The molecule has 1 atom stereocenters. The molecular formula is C22H23F3N2O6S. The van der Waals surface area contributed by atoms with Crippen molar-refractivity contribution >= 4 is 27.6 Å². The van der Waals surface area contributed by atoms with Crippen LogP contribution < -0.4 is 5.32 Å². The number of unbranched alkanes of at least 4 members (excludes halogenated alkanes) is 1. The van der Waals surface area contributed by atoms with Crippen molar-refractivity contribution < 1.29 is 41.1 Å². The third kappa shape index (κ3) is 6.34. The van der Waals surface area contributed by atoms with E-state index in [2.05, 4.69) is 5.32 Å². The minimum absolute atomic E-state index is 0.0180. The van der Waals surface area contributed by atoms with E-state index in [1.54, 1.807) is 18.2 Å². The first-order valence-corrected chi connectivity index (χ1v) is 11.6. The van der Waals surface area contributed by atoms with Gasteiger partial charge >= 0.3 is 11.5 Å². The monoisotopic (exact) mass is 500 g/mol. The number of halogens is 3. The first-order valence-electron chi connectivity index (χ1n) is 10.2. The normalized spacial score (nSPS) is 12.6. The second kappa shape index (κ2) is 11.1. The number of carboxylic acid groups (broad SMARTS) is 1. The summed E-state index contributed by atoms with van der Waals surface area (Å²) in [6.07, 6.45) is 1.12. The number of carbonyl (C=O) groups is 3. The molecule has 2 aromatic carbocycles. The van der Waals surface area contributed by atoms with Crippen molar-refractivity contribution in [3.8, 4) is 0 Å². The Labute approximate surface area is 194 Å². The van der Waals surface area contributed by atoms with E-state index in [1.165, 1.54) is 17.0 Å². The molecule has 0 aromatic heterocycles. The number of nitrogens with zero attached hydrogens (tertiary/aromatic N) is 1. The fraction of sp³-hybridized carbons (Fsp3) is 0.318. The van der Waals surface area contributed by atoms with Crippen LogP contribution in [0, 0.1) is 0 Å². The highest BCUT2D eigenvalue weighted by Crippen LogP contribution is 2.32. The molecular weight excluding hydrogens is 477 g/mol. The molecule has 0 bridgehead atoms. The van der Waals surface area contributed by atoms with Crippen molar-refractivity contribution in [1.82, 2.24) is 10.2 Å². The van der Waals surface area contributed by atoms with Gasteiger partial charge in [0.25, 0.3) is 15.7 Å². The van der Waals surface area contributed by atoms with E-state index in [0.29, 0.717) is 25.0 Å². The smallest absolute Gasteiger partial charge is 0.480 e. The molecule has 0 aliphatic rings. The Morgan fingerprint density at radius 2 is 1.62 bits per heavy atom. The van der Waals surface area contributed by atoms with E-state index < -0.39 is 50.6 Å². The molecule has 0 heterocycles. The maximum Gasteiger partial charge on any atom is 0.501 e. The number of benzene rings is 2. The second-order valence-electron chi connectivity index (χ2n) is 7.25. The number of amides is 2. The van der Waals surface area contributed by atoms with E-state index >= 15 is 0 Å². The second-order valence-corrected chi connectivity index (χ2v) is 9.19. The van der Waals surface area contributed by atoms with Gasteiger partial charge in [-0.25, -0.2) is 8.42 Å². The molecule has 2 N–H and O–H groups in total. The van der Waals surface area contributed by atoms with Crippen LogP contribution in [0.4, 0.5) is 13.2 Å². The molecule has 2 amide bonds. The number of carbonyl (C=O) groups excluding carboxylic acids is 2. The van der Waals surface area contributed by atoms with Gasteiger partial charge in [-0.1, -0.05) is 43.7 Å². The van der Waals surface area contributed by atoms with E-state index in [9.17, 15) is 36.0 Å². The number of alkyl halides is 3. The van der Waals surface area contributed by atoms with Gasteiger partial charge < -0.3 is 15.3 Å². The summed E-state index contributed by atoms with van der Waals surface area (Å²) in [6.45, 7) is 1.18. The standard InChI is InChI=1S/C22H23F3N2O6S/c1-2-3-13-27(21(31)16-7-5-4-6-8-16)19(20(30)26-14-18(28)29)15-9-11-17(12-10-15)34(32,33)22(23,24)25/h4-12,19H,2-3,13-14H2,1H3,(H,26,30)(H,28,29). The van der Waals surface area contributed by atoms with Gasteiger partial charge in [0.15, 0.2) is 0 Å². The van der Waals surface area contributed by atoms with Crippen LogP contribution in [-0.4, -0.2) is 54.8 Å². The summed E-state index contributed by atoms with van der Waals surface area (Å²) in [6, 6.07) is 9.93. The minimum atomic E-state index is -5.61. The number of aliphatic carboxylic acids is 1. The molecule has 8 nitrogen and oxygen atoms in total. The number of rotatable bonds is 10. The third-order valence-electron chi connectivity index (χ3n) is 4.82. The number of carboxylic acids is 1. The highest BCUT2D eigenvalue weighted by Gasteiger charge is 2.47. The van der Waals surface area contributed by atoms with Gasteiger partial charge in [-0.2, -0.15) is 13.2 Å². The summed E-state index contributed by atoms with van der Waals surface area (Å²) in [5.74, 6) is -2.78. The molecule has 1 unspecified atom stereocenters.